The number of rotatable bonds is 15. The second kappa shape index (κ2) is 13.6. The van der Waals surface area contributed by atoms with Crippen molar-refractivity contribution in [1.82, 2.24) is 5.32 Å². The molecule has 0 saturated heterocycles. The van der Waals surface area contributed by atoms with Gasteiger partial charge < -0.3 is 15.0 Å². The van der Waals surface area contributed by atoms with Gasteiger partial charge in [-0.3, -0.25) is 34.9 Å². The Hall–Kier alpha value is -2.89. The first-order chi connectivity index (χ1) is 17.1. The van der Waals surface area contributed by atoms with Crippen LogP contribution in [0.25, 0.3) is 0 Å². The molecule has 0 aliphatic carbocycles. The number of nitrogens with two attached hydrogens (primary N) is 1. The van der Waals surface area contributed by atoms with Crippen LogP contribution in [-0.4, -0.2) is 73.7 Å². The van der Waals surface area contributed by atoms with E-state index in [1.165, 1.54) is 11.8 Å². The zero-order valence-corrected chi connectivity index (χ0v) is 23.2. The number of halogens is 1. The molecule has 0 spiro atoms. The number of hydrogen-bond acceptors (Lipinski definition) is 12. The molecule has 0 saturated carbocycles. The third-order valence-electron chi connectivity index (χ3n) is 4.76. The summed E-state index contributed by atoms with van der Waals surface area (Å²) >= 11 is 3.19. The van der Waals surface area contributed by atoms with Gasteiger partial charge in [0.05, 0.1) is 40.9 Å². The highest BCUT2D eigenvalue weighted by atomic mass is 79.9. The van der Waals surface area contributed by atoms with Crippen molar-refractivity contribution < 1.29 is 36.8 Å². The van der Waals surface area contributed by atoms with Gasteiger partial charge in [-0.2, -0.15) is 8.42 Å². The quantitative estimate of drug-likeness (QED) is 0.0723. The van der Waals surface area contributed by atoms with Crippen LogP contribution in [0.4, 0.5) is 17.1 Å². The number of amides is 1. The monoisotopic (exact) mass is 611 g/mol. The smallest absolute Gasteiger partial charge is 0.346 e. The van der Waals surface area contributed by atoms with E-state index in [0.717, 1.165) is 12.3 Å². The van der Waals surface area contributed by atoms with Crippen LogP contribution in [0, 0.1) is 26.1 Å². The molecule has 15 nitrogen and oxygen atoms in total. The number of ether oxygens (including phenoxy) is 1. The number of nitro benzene ring substituents is 2. The van der Waals surface area contributed by atoms with E-state index in [0.29, 0.717) is 6.07 Å². The molecule has 1 unspecified atom stereocenters. The lowest BCUT2D eigenvalue weighted by molar-refractivity contribution is -0.393. The van der Waals surface area contributed by atoms with Crippen LogP contribution in [0.5, 0.6) is 0 Å². The van der Waals surface area contributed by atoms with Crippen molar-refractivity contribution in [2.75, 3.05) is 42.8 Å². The highest BCUT2D eigenvalue weighted by Crippen LogP contribution is 2.37. The van der Waals surface area contributed by atoms with Crippen molar-refractivity contribution in [1.29, 1.82) is 0 Å². The Balaban J connectivity index is 3.76. The third-order valence-corrected chi connectivity index (χ3v) is 5.71. The summed E-state index contributed by atoms with van der Waals surface area (Å²) in [6, 6.07) is 1.50. The largest absolute Gasteiger partial charge is 0.463 e. The minimum atomic E-state index is -3.85. The maximum atomic E-state index is 13.5. The van der Waals surface area contributed by atoms with Crippen LogP contribution in [-0.2, 0) is 23.8 Å². The summed E-state index contributed by atoms with van der Waals surface area (Å²) in [4.78, 5) is 48.9. The molecule has 0 aliphatic rings. The van der Waals surface area contributed by atoms with E-state index < -0.39 is 61.0 Å². The van der Waals surface area contributed by atoms with Crippen LogP contribution in [0.1, 0.15) is 37.6 Å². The number of carbonyl (C=O) groups is 2. The Bertz CT molecular complexity index is 1130. The number of nitrogens with one attached hydrogen (secondary N) is 1. The fourth-order valence-electron chi connectivity index (χ4n) is 3.45. The molecule has 1 aromatic rings. The molecule has 0 aromatic heterocycles. The van der Waals surface area contributed by atoms with E-state index in [1.807, 2.05) is 0 Å². The summed E-state index contributed by atoms with van der Waals surface area (Å²) in [7, 11) is -3.85. The first-order valence-corrected chi connectivity index (χ1v) is 13.9. The van der Waals surface area contributed by atoms with Gasteiger partial charge in [-0.15, -0.1) is 0 Å². The van der Waals surface area contributed by atoms with E-state index in [-0.39, 0.29) is 43.1 Å². The number of anilines is 1. The summed E-state index contributed by atoms with van der Waals surface area (Å²) in [5, 5.41) is 26.0. The number of nitro groups is 2. The SMILES string of the molecule is CCOC(=O)C(N)(CC(C)C)NC(=O)c1cc([N+](=O)[O-])cc([N+](=O)[O-])c1N(CCBr)CCOS(C)(=O)=O. The topological polar surface area (TPSA) is 214 Å². The molecule has 3 N–H and O–H groups in total. The molecular weight excluding hydrogens is 582 g/mol. The summed E-state index contributed by atoms with van der Waals surface area (Å²) < 4.78 is 32.5. The highest BCUT2D eigenvalue weighted by molar-refractivity contribution is 9.09. The predicted molar refractivity (Wildman–Crippen MR) is 137 cm³/mol. The van der Waals surface area contributed by atoms with Crippen molar-refractivity contribution >= 4 is 55.0 Å². The molecular formula is C20H30BrN5O10S. The molecule has 17 heteroatoms. The van der Waals surface area contributed by atoms with E-state index in [1.54, 1.807) is 13.8 Å². The molecule has 0 aliphatic heterocycles. The molecule has 1 rings (SSSR count). The first-order valence-electron chi connectivity index (χ1n) is 11.0. The number of non-ortho nitro benzene ring substituents is 1. The molecule has 0 bridgehead atoms. The van der Waals surface area contributed by atoms with E-state index in [9.17, 15) is 38.2 Å². The van der Waals surface area contributed by atoms with Crippen molar-refractivity contribution in [2.24, 2.45) is 11.7 Å². The molecule has 0 radical (unpaired) electrons. The maximum Gasteiger partial charge on any atom is 0.346 e. The minimum Gasteiger partial charge on any atom is -0.463 e. The molecule has 0 fully saturated rings. The number of nitrogens with zero attached hydrogens (tertiary/aromatic N) is 3. The Labute approximate surface area is 222 Å². The number of hydrogen-bond donors (Lipinski definition) is 2. The maximum absolute atomic E-state index is 13.5. The molecule has 37 heavy (non-hydrogen) atoms. The number of carbonyl (C=O) groups excluding carboxylic acids is 2. The van der Waals surface area contributed by atoms with Crippen LogP contribution < -0.4 is 16.0 Å². The molecule has 208 valence electrons. The summed E-state index contributed by atoms with van der Waals surface area (Å²) in [6.45, 7) is 4.30. The van der Waals surface area contributed by atoms with E-state index >= 15 is 0 Å². The zero-order chi connectivity index (χ0) is 28.6. The van der Waals surface area contributed by atoms with Gasteiger partial charge in [0.15, 0.2) is 5.66 Å². The fraction of sp³-hybridized carbons (Fsp3) is 0.600. The Morgan fingerprint density at radius 1 is 1.22 bits per heavy atom. The van der Waals surface area contributed by atoms with Crippen LogP contribution in [0.3, 0.4) is 0 Å². The van der Waals surface area contributed by atoms with E-state index in [4.69, 9.17) is 14.7 Å². The lowest BCUT2D eigenvalue weighted by Crippen LogP contribution is -2.63. The number of benzene rings is 1. The zero-order valence-electron chi connectivity index (χ0n) is 20.8. The van der Waals surface area contributed by atoms with Gasteiger partial charge in [0, 0.05) is 24.5 Å². The van der Waals surface area contributed by atoms with E-state index in [2.05, 4.69) is 21.2 Å². The van der Waals surface area contributed by atoms with Crippen LogP contribution in [0.2, 0.25) is 0 Å². The summed E-state index contributed by atoms with van der Waals surface area (Å²) in [5.41, 5.74) is 1.73. The molecule has 1 atom stereocenters. The average Bonchev–Trinajstić information content (AvgIpc) is 2.76. The number of esters is 1. The molecule has 1 amide bonds. The second-order valence-electron chi connectivity index (χ2n) is 8.32. The number of alkyl halides is 1. The lowest BCUT2D eigenvalue weighted by atomic mass is 9.97. The van der Waals surface area contributed by atoms with Crippen LogP contribution >= 0.6 is 15.9 Å². The predicted octanol–water partition coefficient (Wildman–Crippen LogP) is 1.67. The Morgan fingerprint density at radius 2 is 1.84 bits per heavy atom. The van der Waals surface area contributed by atoms with Gasteiger partial charge >= 0.3 is 5.97 Å². The van der Waals surface area contributed by atoms with Crippen molar-refractivity contribution in [2.45, 2.75) is 32.9 Å². The highest BCUT2D eigenvalue weighted by Gasteiger charge is 2.40. The summed E-state index contributed by atoms with van der Waals surface area (Å²) in [6.07, 6.45) is 0.747. The van der Waals surface area contributed by atoms with Gasteiger partial charge in [0.25, 0.3) is 27.4 Å². The lowest BCUT2D eigenvalue weighted by Gasteiger charge is -2.31. The summed E-state index contributed by atoms with van der Waals surface area (Å²) in [5.74, 6) is -2.27. The van der Waals surface area contributed by atoms with Gasteiger partial charge in [0.1, 0.15) is 5.69 Å². The van der Waals surface area contributed by atoms with Gasteiger partial charge in [-0.05, 0) is 19.3 Å². The van der Waals surface area contributed by atoms with Crippen LogP contribution in [0.15, 0.2) is 12.1 Å². The minimum absolute atomic E-state index is 0.0176. The van der Waals surface area contributed by atoms with Crippen molar-refractivity contribution in [3.8, 4) is 0 Å². The average molecular weight is 612 g/mol. The van der Waals surface area contributed by atoms with Crippen molar-refractivity contribution in [3.63, 3.8) is 0 Å². The Morgan fingerprint density at radius 3 is 2.30 bits per heavy atom. The third kappa shape index (κ3) is 9.49. The van der Waals surface area contributed by atoms with Gasteiger partial charge in [-0.1, -0.05) is 29.8 Å². The fourth-order valence-corrected chi connectivity index (χ4v) is 4.26. The van der Waals surface area contributed by atoms with Crippen molar-refractivity contribution in [3.05, 3.63) is 37.9 Å². The normalized spacial score (nSPS) is 13.1. The second-order valence-corrected chi connectivity index (χ2v) is 10.8. The van der Waals surface area contributed by atoms with Gasteiger partial charge in [0.2, 0.25) is 0 Å². The Kier molecular flexibility index (Phi) is 11.8. The molecule has 1 aromatic carbocycles. The first kappa shape index (κ1) is 32.1. The van der Waals surface area contributed by atoms with Gasteiger partial charge in [-0.25, -0.2) is 4.79 Å². The molecule has 0 heterocycles. The standard InChI is InChI=1S/C20H30BrN5O10S/c1-5-35-19(28)20(22,12-13(2)3)23-18(27)15-10-14(25(29)30)11-16(26(31)32)17(15)24(7-6-21)8-9-36-37(4,33)34/h10-11,13H,5-9,12,22H2,1-4H3,(H,23,27).